The molecule has 17 heavy (non-hydrogen) atoms. The number of nitrogens with one attached hydrogen (secondary N) is 1. The lowest BCUT2D eigenvalue weighted by Crippen LogP contribution is -2.15. The molecule has 5 heteroatoms. The molecule has 0 spiro atoms. The van der Waals surface area contributed by atoms with E-state index in [4.69, 9.17) is 5.73 Å². The zero-order chi connectivity index (χ0) is 12.1. The van der Waals surface area contributed by atoms with Gasteiger partial charge in [0.05, 0.1) is 18.3 Å². The lowest BCUT2D eigenvalue weighted by Gasteiger charge is -2.04. The standard InChI is InChI=1S/C12H12N4O/c13-11-5-4-10(8-15-11)16-12(17)7-9-3-1-2-6-14-9/h1-6,8H,7H2,(H2,13,15)(H,16,17). The van der Waals surface area contributed by atoms with Gasteiger partial charge >= 0.3 is 0 Å². The van der Waals surface area contributed by atoms with Gasteiger partial charge in [0.25, 0.3) is 0 Å². The smallest absolute Gasteiger partial charge is 0.230 e. The molecule has 2 rings (SSSR count). The van der Waals surface area contributed by atoms with Crippen LogP contribution in [0.3, 0.4) is 0 Å². The van der Waals surface area contributed by atoms with Gasteiger partial charge in [-0.2, -0.15) is 0 Å². The second-order valence-electron chi connectivity index (χ2n) is 3.52. The van der Waals surface area contributed by atoms with Crippen molar-refractivity contribution in [1.29, 1.82) is 0 Å². The van der Waals surface area contributed by atoms with Crippen LogP contribution in [0.15, 0.2) is 42.7 Å². The first-order valence-electron chi connectivity index (χ1n) is 5.15. The van der Waals surface area contributed by atoms with Crippen LogP contribution < -0.4 is 11.1 Å². The van der Waals surface area contributed by atoms with E-state index in [1.807, 2.05) is 12.1 Å². The Labute approximate surface area is 98.7 Å². The van der Waals surface area contributed by atoms with E-state index >= 15 is 0 Å². The van der Waals surface area contributed by atoms with Crippen LogP contribution >= 0.6 is 0 Å². The van der Waals surface area contributed by atoms with Gasteiger partial charge in [0, 0.05) is 11.9 Å². The van der Waals surface area contributed by atoms with Crippen molar-refractivity contribution in [1.82, 2.24) is 9.97 Å². The molecule has 3 N–H and O–H groups in total. The Kier molecular flexibility index (Phi) is 3.30. The first-order valence-corrected chi connectivity index (χ1v) is 5.15. The zero-order valence-corrected chi connectivity index (χ0v) is 9.13. The van der Waals surface area contributed by atoms with E-state index in [1.54, 1.807) is 24.4 Å². The van der Waals surface area contributed by atoms with Crippen LogP contribution in [0.4, 0.5) is 11.5 Å². The average Bonchev–Trinajstić information content (AvgIpc) is 2.33. The number of carbonyl (C=O) groups is 1. The Hall–Kier alpha value is -2.43. The van der Waals surface area contributed by atoms with E-state index in [0.717, 1.165) is 5.69 Å². The van der Waals surface area contributed by atoms with Crippen molar-refractivity contribution in [3.8, 4) is 0 Å². The highest BCUT2D eigenvalue weighted by Crippen LogP contribution is 2.07. The molecule has 0 aliphatic rings. The molecular formula is C12H12N4O. The molecule has 0 aromatic carbocycles. The van der Waals surface area contributed by atoms with Crippen molar-refractivity contribution in [3.63, 3.8) is 0 Å². The first-order chi connectivity index (χ1) is 8.24. The summed E-state index contributed by atoms with van der Waals surface area (Å²) in [6, 6.07) is 8.81. The molecule has 0 radical (unpaired) electrons. The number of aromatic nitrogens is 2. The van der Waals surface area contributed by atoms with E-state index < -0.39 is 0 Å². The second kappa shape index (κ2) is 5.07. The summed E-state index contributed by atoms with van der Waals surface area (Å²) in [5.74, 6) is 0.294. The molecule has 0 bridgehead atoms. The van der Waals surface area contributed by atoms with Gasteiger partial charge in [-0.3, -0.25) is 9.78 Å². The summed E-state index contributed by atoms with van der Waals surface area (Å²) in [7, 11) is 0. The Morgan fingerprint density at radius 3 is 2.76 bits per heavy atom. The maximum absolute atomic E-state index is 11.7. The van der Waals surface area contributed by atoms with Gasteiger partial charge in [0.2, 0.25) is 5.91 Å². The van der Waals surface area contributed by atoms with E-state index in [9.17, 15) is 4.79 Å². The highest BCUT2D eigenvalue weighted by atomic mass is 16.1. The molecular weight excluding hydrogens is 216 g/mol. The fraction of sp³-hybridized carbons (Fsp3) is 0.0833. The van der Waals surface area contributed by atoms with Crippen LogP contribution in [0.25, 0.3) is 0 Å². The molecule has 1 amide bonds. The summed E-state index contributed by atoms with van der Waals surface area (Å²) < 4.78 is 0. The summed E-state index contributed by atoms with van der Waals surface area (Å²) in [5, 5.41) is 2.72. The maximum Gasteiger partial charge on any atom is 0.230 e. The minimum atomic E-state index is -0.129. The highest BCUT2D eigenvalue weighted by Gasteiger charge is 2.04. The normalized spacial score (nSPS) is 9.88. The number of hydrogen-bond donors (Lipinski definition) is 2. The summed E-state index contributed by atoms with van der Waals surface area (Å²) in [5.41, 5.74) is 6.80. The van der Waals surface area contributed by atoms with Crippen LogP contribution in [-0.4, -0.2) is 15.9 Å². The van der Waals surface area contributed by atoms with Gasteiger partial charge in [-0.1, -0.05) is 6.07 Å². The Balaban J connectivity index is 1.96. The number of pyridine rings is 2. The molecule has 2 aromatic rings. The largest absolute Gasteiger partial charge is 0.384 e. The number of nitrogens with zero attached hydrogens (tertiary/aromatic N) is 2. The molecule has 0 fully saturated rings. The van der Waals surface area contributed by atoms with Crippen LogP contribution in [0.2, 0.25) is 0 Å². The van der Waals surface area contributed by atoms with Gasteiger partial charge in [0.1, 0.15) is 5.82 Å². The summed E-state index contributed by atoms with van der Waals surface area (Å²) in [4.78, 5) is 19.6. The number of rotatable bonds is 3. The predicted octanol–water partition coefficient (Wildman–Crippen LogP) is 1.24. The van der Waals surface area contributed by atoms with Crippen LogP contribution in [-0.2, 0) is 11.2 Å². The number of nitrogens with two attached hydrogens (primary N) is 1. The Morgan fingerprint density at radius 2 is 2.12 bits per heavy atom. The third kappa shape index (κ3) is 3.27. The minimum Gasteiger partial charge on any atom is -0.384 e. The van der Waals surface area contributed by atoms with Crippen molar-refractivity contribution < 1.29 is 4.79 Å². The summed E-state index contributed by atoms with van der Waals surface area (Å²) in [6.07, 6.45) is 3.42. The molecule has 0 saturated heterocycles. The molecule has 0 aliphatic heterocycles. The van der Waals surface area contributed by atoms with Crippen molar-refractivity contribution in [2.24, 2.45) is 0 Å². The fourth-order valence-electron chi connectivity index (χ4n) is 1.35. The van der Waals surface area contributed by atoms with Crippen molar-refractivity contribution >= 4 is 17.4 Å². The molecule has 0 unspecified atom stereocenters. The van der Waals surface area contributed by atoms with Crippen molar-refractivity contribution in [2.75, 3.05) is 11.1 Å². The molecule has 0 saturated carbocycles. The third-order valence-electron chi connectivity index (χ3n) is 2.14. The quantitative estimate of drug-likeness (QED) is 0.828. The van der Waals surface area contributed by atoms with Gasteiger partial charge in [0.15, 0.2) is 0 Å². The first kappa shape index (κ1) is 11.1. The molecule has 2 aromatic heterocycles. The molecule has 5 nitrogen and oxygen atoms in total. The zero-order valence-electron chi connectivity index (χ0n) is 9.13. The maximum atomic E-state index is 11.7. The van der Waals surface area contributed by atoms with Gasteiger partial charge in [-0.05, 0) is 24.3 Å². The van der Waals surface area contributed by atoms with Gasteiger partial charge in [-0.25, -0.2) is 4.98 Å². The number of anilines is 2. The van der Waals surface area contributed by atoms with E-state index in [1.165, 1.54) is 6.20 Å². The van der Waals surface area contributed by atoms with Crippen molar-refractivity contribution in [3.05, 3.63) is 48.4 Å². The number of hydrogen-bond acceptors (Lipinski definition) is 4. The number of nitrogen functional groups attached to an aromatic ring is 1. The van der Waals surface area contributed by atoms with Crippen LogP contribution in [0.1, 0.15) is 5.69 Å². The van der Waals surface area contributed by atoms with Gasteiger partial charge in [-0.15, -0.1) is 0 Å². The number of carbonyl (C=O) groups excluding carboxylic acids is 1. The lowest BCUT2D eigenvalue weighted by molar-refractivity contribution is -0.115. The average molecular weight is 228 g/mol. The predicted molar refractivity (Wildman–Crippen MR) is 65.2 cm³/mol. The molecule has 0 atom stereocenters. The van der Waals surface area contributed by atoms with E-state index in [0.29, 0.717) is 11.5 Å². The van der Waals surface area contributed by atoms with Gasteiger partial charge < -0.3 is 11.1 Å². The monoisotopic (exact) mass is 228 g/mol. The highest BCUT2D eigenvalue weighted by molar-refractivity contribution is 5.91. The third-order valence-corrected chi connectivity index (χ3v) is 2.14. The summed E-state index contributed by atoms with van der Waals surface area (Å²) in [6.45, 7) is 0. The van der Waals surface area contributed by atoms with Crippen LogP contribution in [0.5, 0.6) is 0 Å². The molecule has 0 aliphatic carbocycles. The van der Waals surface area contributed by atoms with E-state index in [-0.39, 0.29) is 12.3 Å². The van der Waals surface area contributed by atoms with E-state index in [2.05, 4.69) is 15.3 Å². The summed E-state index contributed by atoms with van der Waals surface area (Å²) >= 11 is 0. The van der Waals surface area contributed by atoms with Crippen molar-refractivity contribution in [2.45, 2.75) is 6.42 Å². The lowest BCUT2D eigenvalue weighted by atomic mass is 10.2. The SMILES string of the molecule is Nc1ccc(NC(=O)Cc2ccccn2)cn1. The van der Waals surface area contributed by atoms with Crippen LogP contribution in [0, 0.1) is 0 Å². The Bertz CT molecular complexity index is 496. The molecule has 86 valence electrons. The topological polar surface area (TPSA) is 80.9 Å². The number of amides is 1. The Morgan fingerprint density at radius 1 is 1.24 bits per heavy atom. The molecule has 2 heterocycles. The fourth-order valence-corrected chi connectivity index (χ4v) is 1.35. The second-order valence-corrected chi connectivity index (χ2v) is 3.52. The minimum absolute atomic E-state index is 0.129.